The zero-order valence-corrected chi connectivity index (χ0v) is 21.9. The van der Waals surface area contributed by atoms with Gasteiger partial charge in [0.25, 0.3) is 0 Å². The monoisotopic (exact) mass is 580 g/mol. The zero-order valence-electron chi connectivity index (χ0n) is 21.9. The van der Waals surface area contributed by atoms with E-state index in [0.29, 0.717) is 11.1 Å². The van der Waals surface area contributed by atoms with Crippen molar-refractivity contribution in [2.24, 2.45) is 0 Å². The number of hydrogen-bond acceptors (Lipinski definition) is 12. The van der Waals surface area contributed by atoms with Crippen molar-refractivity contribution in [3.05, 3.63) is 83.4 Å². The van der Waals surface area contributed by atoms with E-state index in [1.807, 2.05) is 0 Å². The Balaban J connectivity index is 1.26. The third-order valence-corrected chi connectivity index (χ3v) is 6.85. The normalized spacial score (nSPS) is 25.5. The number of ether oxygens (including phenoxy) is 4. The fourth-order valence-electron chi connectivity index (χ4n) is 4.61. The summed E-state index contributed by atoms with van der Waals surface area (Å²) in [6.07, 6.45) is -6.12. The average molecular weight is 581 g/mol. The number of rotatable bonds is 7. The molecule has 0 saturated carbocycles. The number of phenolic OH excluding ortho intramolecular Hbond substituents is 3. The van der Waals surface area contributed by atoms with Crippen LogP contribution in [0.3, 0.4) is 0 Å². The summed E-state index contributed by atoms with van der Waals surface area (Å²) in [5.74, 6) is -1.55. The molecule has 3 aromatic rings. The molecule has 1 saturated heterocycles. The number of aromatic hydroxyl groups is 3. The van der Waals surface area contributed by atoms with Crippen molar-refractivity contribution in [1.29, 1.82) is 0 Å². The fourth-order valence-corrected chi connectivity index (χ4v) is 4.61. The molecule has 12 heteroatoms. The van der Waals surface area contributed by atoms with Crippen LogP contribution in [0.25, 0.3) is 6.08 Å². The van der Waals surface area contributed by atoms with Gasteiger partial charge in [0.05, 0.1) is 6.42 Å². The second-order valence-corrected chi connectivity index (χ2v) is 9.83. The Kier molecular flexibility index (Phi) is 8.31. The maximum atomic E-state index is 12.8. The van der Waals surface area contributed by atoms with Gasteiger partial charge in [-0.1, -0.05) is 24.3 Å². The molecule has 0 aromatic heterocycles. The van der Waals surface area contributed by atoms with Crippen molar-refractivity contribution in [3.8, 4) is 28.7 Å². The van der Waals surface area contributed by atoms with Crippen molar-refractivity contribution in [1.82, 2.24) is 0 Å². The molecule has 42 heavy (non-hydrogen) atoms. The van der Waals surface area contributed by atoms with Crippen LogP contribution in [0, 0.1) is 0 Å². The minimum Gasteiger partial charge on any atom is -0.508 e. The number of esters is 1. The van der Waals surface area contributed by atoms with Gasteiger partial charge in [0, 0.05) is 18.2 Å². The number of fused-ring (bicyclic) bond motifs is 1. The molecule has 2 heterocycles. The molecule has 0 amide bonds. The fraction of sp³-hybridized carbons (Fsp3) is 0.267. The van der Waals surface area contributed by atoms with Crippen molar-refractivity contribution < 1.29 is 59.2 Å². The molecule has 220 valence electrons. The van der Waals surface area contributed by atoms with Crippen LogP contribution in [0.15, 0.2) is 66.7 Å². The van der Waals surface area contributed by atoms with Gasteiger partial charge in [0.15, 0.2) is 5.78 Å². The van der Waals surface area contributed by atoms with Crippen LogP contribution in [0.1, 0.15) is 34.0 Å². The molecule has 3 unspecified atom stereocenters. The highest BCUT2D eigenvalue weighted by Crippen LogP contribution is 2.42. The molecule has 5 rings (SSSR count). The van der Waals surface area contributed by atoms with E-state index in [2.05, 4.69) is 0 Å². The van der Waals surface area contributed by atoms with Crippen LogP contribution in [0.2, 0.25) is 0 Å². The van der Waals surface area contributed by atoms with Gasteiger partial charge in [-0.15, -0.1) is 0 Å². The predicted molar refractivity (Wildman–Crippen MR) is 144 cm³/mol. The van der Waals surface area contributed by atoms with Crippen molar-refractivity contribution in [2.45, 2.75) is 43.2 Å². The number of ketones is 1. The largest absolute Gasteiger partial charge is 0.508 e. The summed E-state index contributed by atoms with van der Waals surface area (Å²) < 4.78 is 22.3. The van der Waals surface area contributed by atoms with E-state index in [-0.39, 0.29) is 40.8 Å². The number of phenols is 3. The summed E-state index contributed by atoms with van der Waals surface area (Å²) in [6.45, 7) is -0.495. The lowest BCUT2D eigenvalue weighted by atomic mass is 9.95. The summed E-state index contributed by atoms with van der Waals surface area (Å²) in [4.78, 5) is 25.0. The van der Waals surface area contributed by atoms with E-state index >= 15 is 0 Å². The van der Waals surface area contributed by atoms with Crippen LogP contribution in [0.5, 0.6) is 28.7 Å². The molecule has 2 aliphatic heterocycles. The Labute approximate surface area is 239 Å². The lowest BCUT2D eigenvalue weighted by Crippen LogP contribution is -2.60. The van der Waals surface area contributed by atoms with E-state index < -0.39 is 55.1 Å². The number of carbonyl (C=O) groups excluding carboxylic acids is 2. The van der Waals surface area contributed by atoms with Gasteiger partial charge < -0.3 is 49.6 Å². The third kappa shape index (κ3) is 6.31. The number of carbonyl (C=O) groups is 2. The van der Waals surface area contributed by atoms with E-state index in [4.69, 9.17) is 18.9 Å². The van der Waals surface area contributed by atoms with Gasteiger partial charge in [0.1, 0.15) is 71.4 Å². The number of hydrogen-bond donors (Lipinski definition) is 6. The molecule has 2 aliphatic rings. The first-order valence-corrected chi connectivity index (χ1v) is 12.9. The lowest BCUT2D eigenvalue weighted by molar-refractivity contribution is -0.278. The van der Waals surface area contributed by atoms with E-state index in [1.54, 1.807) is 24.3 Å². The highest BCUT2D eigenvalue weighted by atomic mass is 16.7. The molecular formula is C30H28O12. The molecule has 6 atom stereocenters. The van der Waals surface area contributed by atoms with Crippen molar-refractivity contribution in [3.63, 3.8) is 0 Å². The summed E-state index contributed by atoms with van der Waals surface area (Å²) in [5.41, 5.74) is 1.19. The van der Waals surface area contributed by atoms with Crippen LogP contribution in [0.4, 0.5) is 0 Å². The summed E-state index contributed by atoms with van der Waals surface area (Å²) >= 11 is 0. The molecule has 0 radical (unpaired) electrons. The molecule has 1 fully saturated rings. The van der Waals surface area contributed by atoms with E-state index in [9.17, 15) is 40.2 Å². The first-order valence-electron chi connectivity index (χ1n) is 12.9. The Hall–Kier alpha value is -4.62. The molecule has 12 nitrogen and oxygen atoms in total. The molecule has 6 N–H and O–H groups in total. The molecular weight excluding hydrogens is 552 g/mol. The highest BCUT2D eigenvalue weighted by Gasteiger charge is 2.45. The predicted octanol–water partition coefficient (Wildman–Crippen LogP) is 1.95. The van der Waals surface area contributed by atoms with Gasteiger partial charge >= 0.3 is 5.97 Å². The molecule has 0 aliphatic carbocycles. The van der Waals surface area contributed by atoms with Crippen LogP contribution in [-0.4, -0.2) is 79.7 Å². The summed E-state index contributed by atoms with van der Waals surface area (Å²) in [7, 11) is 0. The quantitative estimate of drug-likeness (QED) is 0.176. The van der Waals surface area contributed by atoms with E-state index in [1.165, 1.54) is 36.4 Å². The number of aliphatic hydroxyl groups excluding tert-OH is 3. The standard InChI is InChI=1S/C30H28O12/c31-17-6-1-15(2-7-17)3-10-25(35)39-14-24-27(36)28(37)29(38)30(42-24)40-19-11-20(33)26-21(34)13-22(41-23(26)12-19)16-4-8-18(32)9-5-16/h1-12,22,24,27-33,36-38H,13-14H2/b10-3+/t22?,24?,27-,28+,29?,30-/m1/s1. The number of benzene rings is 3. The Morgan fingerprint density at radius 2 is 1.57 bits per heavy atom. The number of Topliss-reactive ketones (excluding diaryl/α,β-unsaturated/α-hetero) is 1. The lowest BCUT2D eigenvalue weighted by Gasteiger charge is -2.40. The van der Waals surface area contributed by atoms with Gasteiger partial charge in [-0.2, -0.15) is 0 Å². The van der Waals surface area contributed by atoms with Crippen LogP contribution < -0.4 is 9.47 Å². The molecule has 0 spiro atoms. The Morgan fingerprint density at radius 1 is 0.905 bits per heavy atom. The molecule has 0 bridgehead atoms. The smallest absolute Gasteiger partial charge is 0.330 e. The van der Waals surface area contributed by atoms with Gasteiger partial charge in [0.2, 0.25) is 6.29 Å². The minimum absolute atomic E-state index is 0.0103. The van der Waals surface area contributed by atoms with Crippen LogP contribution in [-0.2, 0) is 14.3 Å². The van der Waals surface area contributed by atoms with Crippen LogP contribution >= 0.6 is 0 Å². The first-order chi connectivity index (χ1) is 20.1. The van der Waals surface area contributed by atoms with Gasteiger partial charge in [-0.3, -0.25) is 4.79 Å². The summed E-state index contributed by atoms with van der Waals surface area (Å²) in [5, 5.41) is 60.7. The molecule has 3 aromatic carbocycles. The topological polar surface area (TPSA) is 192 Å². The zero-order chi connectivity index (χ0) is 30.0. The maximum absolute atomic E-state index is 12.8. The maximum Gasteiger partial charge on any atom is 0.330 e. The summed E-state index contributed by atoms with van der Waals surface area (Å²) in [6, 6.07) is 14.6. The second-order valence-electron chi connectivity index (χ2n) is 9.83. The van der Waals surface area contributed by atoms with Crippen molar-refractivity contribution >= 4 is 17.8 Å². The highest BCUT2D eigenvalue weighted by molar-refractivity contribution is 6.02. The third-order valence-electron chi connectivity index (χ3n) is 6.85. The van der Waals surface area contributed by atoms with Gasteiger partial charge in [-0.05, 0) is 41.5 Å². The number of aliphatic hydroxyl groups is 3. The average Bonchev–Trinajstić information content (AvgIpc) is 2.96. The minimum atomic E-state index is -1.73. The van der Waals surface area contributed by atoms with Crippen molar-refractivity contribution in [2.75, 3.05) is 6.61 Å². The first kappa shape index (κ1) is 28.9. The second kappa shape index (κ2) is 12.1. The Morgan fingerprint density at radius 3 is 2.26 bits per heavy atom. The SMILES string of the molecule is O=C(/C=C/c1ccc(O)cc1)OCC1O[C@@H](Oc2cc(O)c3c(c2)OC(c2ccc(O)cc2)CC3=O)C(O)[C@@H](O)[C@@H]1O. The Bertz CT molecular complexity index is 1470. The van der Waals surface area contributed by atoms with E-state index in [0.717, 1.165) is 12.1 Å². The van der Waals surface area contributed by atoms with Gasteiger partial charge in [-0.25, -0.2) is 4.79 Å².